The van der Waals surface area contributed by atoms with Crippen molar-refractivity contribution in [2.75, 3.05) is 40.9 Å². The Bertz CT molecular complexity index is 1080. The Balaban J connectivity index is 3.92. The summed E-state index contributed by atoms with van der Waals surface area (Å²) in [6.45, 7) is 4.64. The van der Waals surface area contributed by atoms with Crippen LogP contribution in [-0.4, -0.2) is 68.5 Å². The second-order valence-electron chi connectivity index (χ2n) is 19.9. The van der Waals surface area contributed by atoms with Gasteiger partial charge in [-0.15, -0.1) is 0 Å². The lowest BCUT2D eigenvalue weighted by atomic mass is 10.0. The number of quaternary nitrogens is 1. The summed E-state index contributed by atoms with van der Waals surface area (Å²) in [5, 5.41) is 13.7. The number of carbonyl (C=O) groups is 1. The van der Waals surface area contributed by atoms with E-state index in [0.717, 1.165) is 38.5 Å². The quantitative estimate of drug-likeness (QED) is 0.0272. The van der Waals surface area contributed by atoms with Gasteiger partial charge in [0.15, 0.2) is 0 Å². The number of aliphatic hydroxyl groups is 1. The second kappa shape index (κ2) is 46.1. The number of phosphoric ester groups is 1. The van der Waals surface area contributed by atoms with Crippen molar-refractivity contribution in [1.29, 1.82) is 0 Å². The molecule has 0 aromatic heterocycles. The van der Waals surface area contributed by atoms with Gasteiger partial charge in [0.2, 0.25) is 5.91 Å². The van der Waals surface area contributed by atoms with E-state index in [-0.39, 0.29) is 19.1 Å². The Hall–Kier alpha value is -1.02. The largest absolute Gasteiger partial charge is 0.756 e. The Morgan fingerprint density at radius 2 is 0.873 bits per heavy atom. The minimum Gasteiger partial charge on any atom is -0.756 e. The minimum atomic E-state index is -4.58. The zero-order valence-electron chi connectivity index (χ0n) is 42.5. The first kappa shape index (κ1) is 62.0. The summed E-state index contributed by atoms with van der Waals surface area (Å²) < 4.78 is 23.2. The molecular formula is C54H107N2O6P. The maximum atomic E-state index is 12.9. The fourth-order valence-electron chi connectivity index (χ4n) is 8.09. The average molecular weight is 911 g/mol. The van der Waals surface area contributed by atoms with Crippen molar-refractivity contribution < 1.29 is 32.9 Å². The molecule has 0 fully saturated rings. The summed E-state index contributed by atoms with van der Waals surface area (Å²) in [7, 11) is 1.27. The van der Waals surface area contributed by atoms with E-state index in [0.29, 0.717) is 17.4 Å². The number of likely N-dealkylation sites (N-methyl/N-ethyl adjacent to an activating group) is 1. The number of unbranched alkanes of at least 4 members (excludes halogenated alkanes) is 35. The van der Waals surface area contributed by atoms with Crippen LogP contribution < -0.4 is 10.2 Å². The molecule has 0 saturated carbocycles. The first-order chi connectivity index (χ1) is 30.5. The monoisotopic (exact) mass is 911 g/mol. The third kappa shape index (κ3) is 48.7. The lowest BCUT2D eigenvalue weighted by Crippen LogP contribution is -2.45. The molecule has 2 N–H and O–H groups in total. The molecule has 0 radical (unpaired) electrons. The molecule has 0 aliphatic rings. The number of nitrogens with zero attached hydrogens (tertiary/aromatic N) is 1. The molecule has 0 spiro atoms. The van der Waals surface area contributed by atoms with Gasteiger partial charge in [-0.25, -0.2) is 0 Å². The number of phosphoric acid groups is 1. The molecule has 0 aromatic rings. The van der Waals surface area contributed by atoms with Crippen LogP contribution in [0.25, 0.3) is 0 Å². The lowest BCUT2D eigenvalue weighted by Gasteiger charge is -2.29. The lowest BCUT2D eigenvalue weighted by molar-refractivity contribution is -0.870. The first-order valence-electron chi connectivity index (χ1n) is 27.2. The third-order valence-corrected chi connectivity index (χ3v) is 13.4. The van der Waals surface area contributed by atoms with Crippen LogP contribution in [0, 0.1) is 0 Å². The highest BCUT2D eigenvalue weighted by atomic mass is 31.2. The van der Waals surface area contributed by atoms with Gasteiger partial charge in [0.25, 0.3) is 7.82 Å². The molecule has 0 saturated heterocycles. The molecule has 374 valence electrons. The van der Waals surface area contributed by atoms with E-state index in [2.05, 4.69) is 31.3 Å². The summed E-state index contributed by atoms with van der Waals surface area (Å²) in [5.41, 5.74) is 0. The van der Waals surface area contributed by atoms with Gasteiger partial charge in [0.05, 0.1) is 39.9 Å². The van der Waals surface area contributed by atoms with E-state index in [1.54, 1.807) is 6.08 Å². The summed E-state index contributed by atoms with van der Waals surface area (Å²) in [4.78, 5) is 25.3. The second-order valence-corrected chi connectivity index (χ2v) is 21.3. The number of hydrogen-bond acceptors (Lipinski definition) is 6. The van der Waals surface area contributed by atoms with Crippen molar-refractivity contribution >= 4 is 13.7 Å². The van der Waals surface area contributed by atoms with Gasteiger partial charge in [0.1, 0.15) is 13.2 Å². The van der Waals surface area contributed by atoms with E-state index >= 15 is 0 Å². The molecule has 9 heteroatoms. The molecule has 0 aromatic carbocycles. The maximum absolute atomic E-state index is 12.9. The molecule has 3 unspecified atom stereocenters. The average Bonchev–Trinajstić information content (AvgIpc) is 3.24. The van der Waals surface area contributed by atoms with Gasteiger partial charge < -0.3 is 28.8 Å². The molecule has 0 aliphatic heterocycles. The standard InChI is InChI=1S/C54H107N2O6P/c1-6-8-10-12-14-16-17-18-19-20-21-22-23-24-25-26-27-28-29-30-31-32-33-34-35-36-37-38-40-42-44-46-48-54(58)55-52(51-62-63(59,60)61-50-49-56(3,4)5)53(57)47-45-43-41-39-15-13-11-9-7-2/h24-25,45,47,52-53,57H,6-23,26-44,46,48-51H2,1-5H3,(H-,55,58,59,60)/b25-24-,47-45+. The van der Waals surface area contributed by atoms with Crippen molar-refractivity contribution in [3.63, 3.8) is 0 Å². The number of hydrogen-bond donors (Lipinski definition) is 2. The molecular weight excluding hydrogens is 804 g/mol. The smallest absolute Gasteiger partial charge is 0.268 e. The summed E-state index contributed by atoms with van der Waals surface area (Å²) in [6, 6.07) is -0.881. The number of nitrogens with one attached hydrogen (secondary N) is 1. The van der Waals surface area contributed by atoms with Crippen molar-refractivity contribution in [2.45, 2.75) is 276 Å². The van der Waals surface area contributed by atoms with Gasteiger partial charge in [-0.3, -0.25) is 9.36 Å². The number of amides is 1. The van der Waals surface area contributed by atoms with Crippen LogP contribution in [0.3, 0.4) is 0 Å². The highest BCUT2D eigenvalue weighted by Gasteiger charge is 2.23. The predicted molar refractivity (Wildman–Crippen MR) is 270 cm³/mol. The SMILES string of the molecule is CCCCCCCCC/C=C/C(O)C(COP(=O)([O-])OCC[N+](C)(C)C)NC(=O)CCCCCCCCCCCCCCCCCC/C=C\CCCCCCCCCCCCCC. The van der Waals surface area contributed by atoms with Crippen LogP contribution in [0.5, 0.6) is 0 Å². The Morgan fingerprint density at radius 1 is 0.540 bits per heavy atom. The summed E-state index contributed by atoms with van der Waals surface area (Å²) >= 11 is 0. The van der Waals surface area contributed by atoms with Crippen LogP contribution in [-0.2, 0) is 18.4 Å². The van der Waals surface area contributed by atoms with Crippen molar-refractivity contribution in [3.8, 4) is 0 Å². The highest BCUT2D eigenvalue weighted by molar-refractivity contribution is 7.45. The minimum absolute atomic E-state index is 0.000580. The summed E-state index contributed by atoms with van der Waals surface area (Å²) in [6.07, 6.45) is 57.1. The van der Waals surface area contributed by atoms with Gasteiger partial charge >= 0.3 is 0 Å². The molecule has 1 amide bonds. The first-order valence-corrected chi connectivity index (χ1v) is 28.7. The van der Waals surface area contributed by atoms with E-state index in [1.807, 2.05) is 27.2 Å². The van der Waals surface area contributed by atoms with E-state index < -0.39 is 20.0 Å². The van der Waals surface area contributed by atoms with Gasteiger partial charge in [-0.05, 0) is 44.9 Å². The topological polar surface area (TPSA) is 108 Å². The predicted octanol–water partition coefficient (Wildman–Crippen LogP) is 15.4. The van der Waals surface area contributed by atoms with E-state index in [1.165, 1.54) is 205 Å². The van der Waals surface area contributed by atoms with Crippen LogP contribution in [0.1, 0.15) is 264 Å². The van der Waals surface area contributed by atoms with Crippen LogP contribution in [0.15, 0.2) is 24.3 Å². The molecule has 8 nitrogen and oxygen atoms in total. The fraction of sp³-hybridized carbons (Fsp3) is 0.907. The molecule has 63 heavy (non-hydrogen) atoms. The Kier molecular flexibility index (Phi) is 45.4. The van der Waals surface area contributed by atoms with Crippen molar-refractivity contribution in [2.24, 2.45) is 0 Å². The van der Waals surface area contributed by atoms with Crippen LogP contribution in [0.2, 0.25) is 0 Å². The number of carbonyl (C=O) groups excluding carboxylic acids is 1. The van der Waals surface area contributed by atoms with Crippen LogP contribution >= 0.6 is 7.82 Å². The molecule has 0 aliphatic carbocycles. The van der Waals surface area contributed by atoms with E-state index in [9.17, 15) is 19.4 Å². The molecule has 0 heterocycles. The molecule has 3 atom stereocenters. The number of allylic oxidation sites excluding steroid dienone is 3. The van der Waals surface area contributed by atoms with E-state index in [4.69, 9.17) is 9.05 Å². The van der Waals surface area contributed by atoms with Gasteiger partial charge in [0, 0.05) is 6.42 Å². The van der Waals surface area contributed by atoms with Crippen molar-refractivity contribution in [3.05, 3.63) is 24.3 Å². The van der Waals surface area contributed by atoms with Crippen molar-refractivity contribution in [1.82, 2.24) is 5.32 Å². The van der Waals surface area contributed by atoms with Gasteiger partial charge in [-0.1, -0.05) is 237 Å². The fourth-order valence-corrected chi connectivity index (χ4v) is 8.81. The molecule has 0 rings (SSSR count). The number of aliphatic hydroxyl groups excluding tert-OH is 1. The normalized spacial score (nSPS) is 14.2. The summed E-state index contributed by atoms with van der Waals surface area (Å²) in [5.74, 6) is -0.196. The third-order valence-electron chi connectivity index (χ3n) is 12.4. The Morgan fingerprint density at radius 3 is 1.24 bits per heavy atom. The zero-order chi connectivity index (χ0) is 46.4. The Labute approximate surface area is 392 Å². The molecule has 0 bridgehead atoms. The number of rotatable bonds is 50. The van der Waals surface area contributed by atoms with Crippen LogP contribution in [0.4, 0.5) is 0 Å². The highest BCUT2D eigenvalue weighted by Crippen LogP contribution is 2.38. The maximum Gasteiger partial charge on any atom is 0.268 e. The van der Waals surface area contributed by atoms with Gasteiger partial charge in [-0.2, -0.15) is 0 Å². The zero-order valence-corrected chi connectivity index (χ0v) is 43.4.